The van der Waals surface area contributed by atoms with Gasteiger partial charge >= 0.3 is 5.97 Å². The van der Waals surface area contributed by atoms with Gasteiger partial charge in [-0.2, -0.15) is 0 Å². The molecule has 0 aromatic heterocycles. The van der Waals surface area contributed by atoms with E-state index in [2.05, 4.69) is 0 Å². The van der Waals surface area contributed by atoms with Crippen LogP contribution >= 0.6 is 0 Å². The van der Waals surface area contributed by atoms with Gasteiger partial charge < -0.3 is 19.3 Å². The monoisotopic (exact) mass is 244 g/mol. The first-order valence-corrected chi connectivity index (χ1v) is 6.20. The van der Waals surface area contributed by atoms with Gasteiger partial charge in [0, 0.05) is 19.8 Å². The zero-order chi connectivity index (χ0) is 12.5. The first kappa shape index (κ1) is 12.8. The summed E-state index contributed by atoms with van der Waals surface area (Å²) >= 11 is 0. The van der Waals surface area contributed by atoms with Crippen LogP contribution in [0, 0.1) is 0 Å². The Hall–Kier alpha value is -0.650. The van der Waals surface area contributed by atoms with E-state index in [-0.39, 0.29) is 12.1 Å². The minimum absolute atomic E-state index is 0.0825. The van der Waals surface area contributed by atoms with Gasteiger partial charge in [0.25, 0.3) is 0 Å². The number of ether oxygens (including phenoxy) is 3. The van der Waals surface area contributed by atoms with Crippen molar-refractivity contribution in [3.05, 3.63) is 0 Å². The summed E-state index contributed by atoms with van der Waals surface area (Å²) in [5.41, 5.74) is 0. The van der Waals surface area contributed by atoms with Crippen molar-refractivity contribution in [3.63, 3.8) is 0 Å². The van der Waals surface area contributed by atoms with E-state index < -0.39 is 18.0 Å². The van der Waals surface area contributed by atoms with Gasteiger partial charge in [-0.1, -0.05) is 0 Å². The molecule has 2 aliphatic rings. The molecule has 5 heteroatoms. The molecule has 98 valence electrons. The van der Waals surface area contributed by atoms with Crippen molar-refractivity contribution in [1.29, 1.82) is 0 Å². The summed E-state index contributed by atoms with van der Waals surface area (Å²) in [7, 11) is 0. The molecule has 5 nitrogen and oxygen atoms in total. The van der Waals surface area contributed by atoms with Crippen molar-refractivity contribution in [2.24, 2.45) is 0 Å². The predicted octanol–water partition coefficient (Wildman–Crippen LogP) is 0.985. The van der Waals surface area contributed by atoms with Gasteiger partial charge in [0.2, 0.25) is 0 Å². The van der Waals surface area contributed by atoms with Gasteiger partial charge in [-0.25, -0.2) is 0 Å². The Balaban J connectivity index is 2.12. The first-order chi connectivity index (χ1) is 8.03. The van der Waals surface area contributed by atoms with Crippen molar-refractivity contribution < 1.29 is 24.1 Å². The topological polar surface area (TPSA) is 65.0 Å². The lowest BCUT2D eigenvalue weighted by molar-refractivity contribution is -0.349. The molecule has 0 unspecified atom stereocenters. The van der Waals surface area contributed by atoms with Crippen LogP contribution in [0.3, 0.4) is 0 Å². The third-order valence-corrected chi connectivity index (χ3v) is 3.35. The highest BCUT2D eigenvalue weighted by molar-refractivity contribution is 5.66. The van der Waals surface area contributed by atoms with E-state index in [1.54, 1.807) is 0 Å². The van der Waals surface area contributed by atoms with E-state index in [0.29, 0.717) is 19.4 Å². The summed E-state index contributed by atoms with van der Waals surface area (Å²) in [6.07, 6.45) is 1.57. The van der Waals surface area contributed by atoms with Crippen LogP contribution in [-0.4, -0.2) is 41.8 Å². The second kappa shape index (κ2) is 4.92. The molecule has 0 aliphatic carbocycles. The van der Waals surface area contributed by atoms with Crippen LogP contribution in [-0.2, 0) is 19.0 Å². The van der Waals surface area contributed by atoms with Gasteiger partial charge in [0.05, 0.1) is 12.7 Å². The third kappa shape index (κ3) is 2.61. The lowest BCUT2D eigenvalue weighted by atomic mass is 9.90. The maximum atomic E-state index is 11.0. The molecule has 1 spiro atoms. The van der Waals surface area contributed by atoms with Crippen molar-refractivity contribution in [1.82, 2.24) is 0 Å². The normalized spacial score (nSPS) is 42.4. The van der Waals surface area contributed by atoms with Crippen molar-refractivity contribution in [2.75, 3.05) is 6.61 Å². The molecular weight excluding hydrogens is 224 g/mol. The summed E-state index contributed by atoms with van der Waals surface area (Å²) in [6, 6.07) is 0. The molecule has 0 aromatic carbocycles. The highest BCUT2D eigenvalue weighted by Gasteiger charge is 2.51. The summed E-state index contributed by atoms with van der Waals surface area (Å²) in [5.74, 6) is -1.36. The molecule has 2 saturated heterocycles. The summed E-state index contributed by atoms with van der Waals surface area (Å²) in [5, 5.41) is 10.3. The Morgan fingerprint density at radius 3 is 2.82 bits per heavy atom. The number of hydrogen-bond donors (Lipinski definition) is 1. The first-order valence-electron chi connectivity index (χ1n) is 6.20. The van der Waals surface area contributed by atoms with E-state index >= 15 is 0 Å². The smallest absolute Gasteiger partial charge is 0.303 e. The Bertz CT molecular complexity index is 285. The van der Waals surface area contributed by atoms with Crippen LogP contribution in [0.4, 0.5) is 0 Å². The zero-order valence-corrected chi connectivity index (χ0v) is 10.3. The molecule has 2 aliphatic heterocycles. The molecule has 0 aromatic rings. The number of hydrogen-bond acceptors (Lipinski definition) is 5. The highest BCUT2D eigenvalue weighted by atomic mass is 16.7. The summed E-state index contributed by atoms with van der Waals surface area (Å²) in [6.45, 7) is 3.83. The van der Waals surface area contributed by atoms with Crippen molar-refractivity contribution in [2.45, 2.75) is 63.6 Å². The Morgan fingerprint density at radius 1 is 1.47 bits per heavy atom. The fraction of sp³-hybridized carbons (Fsp3) is 0.917. The fourth-order valence-corrected chi connectivity index (χ4v) is 2.64. The standard InChI is InChI=1S/C12H20O5/c1-8-7-10(16-9(2)13)11(14)12(17-8)5-3-4-6-15-12/h8,10-11,14H,3-7H2,1-2H3/t8-,10-,11-,12+/m1/s1. The summed E-state index contributed by atoms with van der Waals surface area (Å²) in [4.78, 5) is 11.0. The van der Waals surface area contributed by atoms with E-state index in [9.17, 15) is 9.90 Å². The van der Waals surface area contributed by atoms with Gasteiger partial charge in [-0.05, 0) is 19.8 Å². The number of aliphatic hydroxyl groups is 1. The van der Waals surface area contributed by atoms with Crippen LogP contribution in [0.5, 0.6) is 0 Å². The average Bonchev–Trinajstić information content (AvgIpc) is 2.26. The van der Waals surface area contributed by atoms with E-state index in [1.165, 1.54) is 6.92 Å². The molecule has 0 bridgehead atoms. The highest BCUT2D eigenvalue weighted by Crippen LogP contribution is 2.38. The number of carbonyl (C=O) groups excluding carboxylic acids is 1. The molecule has 2 rings (SSSR count). The lowest BCUT2D eigenvalue weighted by Gasteiger charge is -2.48. The average molecular weight is 244 g/mol. The SMILES string of the molecule is CC(=O)O[C@@H]1C[C@@H](C)O[C@@]2(CCCCO2)[C@@H]1O. The van der Waals surface area contributed by atoms with Crippen LogP contribution in [0.25, 0.3) is 0 Å². The Labute approximate surface area is 101 Å². The van der Waals surface area contributed by atoms with E-state index in [0.717, 1.165) is 12.8 Å². The quantitative estimate of drug-likeness (QED) is 0.697. The fourth-order valence-electron chi connectivity index (χ4n) is 2.64. The molecule has 0 amide bonds. The predicted molar refractivity (Wildman–Crippen MR) is 59.3 cm³/mol. The number of aliphatic hydroxyl groups excluding tert-OH is 1. The zero-order valence-electron chi connectivity index (χ0n) is 10.3. The third-order valence-electron chi connectivity index (χ3n) is 3.35. The molecule has 4 atom stereocenters. The molecule has 17 heavy (non-hydrogen) atoms. The maximum absolute atomic E-state index is 11.0. The van der Waals surface area contributed by atoms with Crippen LogP contribution in [0.1, 0.15) is 39.5 Å². The van der Waals surface area contributed by atoms with Gasteiger partial charge in [0.15, 0.2) is 5.79 Å². The molecule has 2 fully saturated rings. The summed E-state index contributed by atoms with van der Waals surface area (Å²) < 4.78 is 16.6. The molecule has 0 saturated carbocycles. The second-order valence-corrected chi connectivity index (χ2v) is 4.87. The second-order valence-electron chi connectivity index (χ2n) is 4.87. The minimum Gasteiger partial charge on any atom is -0.459 e. The molecule has 0 radical (unpaired) electrons. The van der Waals surface area contributed by atoms with E-state index in [4.69, 9.17) is 14.2 Å². The maximum Gasteiger partial charge on any atom is 0.303 e. The molecular formula is C12H20O5. The van der Waals surface area contributed by atoms with Gasteiger partial charge in [-0.3, -0.25) is 4.79 Å². The van der Waals surface area contributed by atoms with Crippen LogP contribution < -0.4 is 0 Å². The Kier molecular flexibility index (Phi) is 3.70. The number of rotatable bonds is 1. The van der Waals surface area contributed by atoms with Gasteiger partial charge in [0.1, 0.15) is 12.2 Å². The number of esters is 1. The van der Waals surface area contributed by atoms with E-state index in [1.807, 2.05) is 6.92 Å². The molecule has 1 N–H and O–H groups in total. The minimum atomic E-state index is -0.976. The van der Waals surface area contributed by atoms with Crippen molar-refractivity contribution in [3.8, 4) is 0 Å². The number of carbonyl (C=O) groups is 1. The van der Waals surface area contributed by atoms with Gasteiger partial charge in [-0.15, -0.1) is 0 Å². The lowest BCUT2D eigenvalue weighted by Crippen LogP contribution is -2.60. The van der Waals surface area contributed by atoms with Crippen LogP contribution in [0.2, 0.25) is 0 Å². The van der Waals surface area contributed by atoms with Crippen LogP contribution in [0.15, 0.2) is 0 Å². The largest absolute Gasteiger partial charge is 0.459 e. The van der Waals surface area contributed by atoms with Crippen molar-refractivity contribution >= 4 is 5.97 Å². The Morgan fingerprint density at radius 2 is 2.24 bits per heavy atom. The molecule has 2 heterocycles.